The SMILES string of the molecule is [CH2+]C(=O)N1CCN(c2ccc(O)cc2)CC1. The molecule has 1 amide bonds. The Morgan fingerprint density at radius 1 is 1.12 bits per heavy atom. The molecule has 1 heterocycles. The van der Waals surface area contributed by atoms with Gasteiger partial charge in [-0.1, -0.05) is 0 Å². The highest BCUT2D eigenvalue weighted by atomic mass is 16.3. The Morgan fingerprint density at radius 2 is 1.69 bits per heavy atom. The maximum atomic E-state index is 11.0. The Hall–Kier alpha value is -1.84. The van der Waals surface area contributed by atoms with Crippen molar-refractivity contribution in [3.8, 4) is 5.75 Å². The summed E-state index contributed by atoms with van der Waals surface area (Å²) in [5, 5.41) is 9.19. The molecule has 0 unspecified atom stereocenters. The average Bonchev–Trinajstić information content (AvgIpc) is 2.30. The molecule has 0 saturated carbocycles. The number of phenols is 1. The van der Waals surface area contributed by atoms with Gasteiger partial charge in [-0.3, -0.25) is 4.90 Å². The summed E-state index contributed by atoms with van der Waals surface area (Å²) in [6, 6.07) is 7.12. The summed E-state index contributed by atoms with van der Waals surface area (Å²) in [6.07, 6.45) is 0. The standard InChI is InChI=1S/C12H14N2O2/c1-10(15)13-6-8-14(9-7-13)11-2-4-12(16)5-3-11/h2-5H,1,6-9H2/p+1. The van der Waals surface area contributed by atoms with Crippen molar-refractivity contribution in [3.05, 3.63) is 31.2 Å². The van der Waals surface area contributed by atoms with Gasteiger partial charge in [-0.2, -0.15) is 0 Å². The summed E-state index contributed by atoms with van der Waals surface area (Å²) in [5.41, 5.74) is 1.08. The second-order valence-electron chi connectivity index (χ2n) is 3.88. The monoisotopic (exact) mass is 219 g/mol. The summed E-state index contributed by atoms with van der Waals surface area (Å²) in [6.45, 7) is 6.45. The van der Waals surface area contributed by atoms with Gasteiger partial charge in [0.05, 0.1) is 0 Å². The van der Waals surface area contributed by atoms with Gasteiger partial charge in [-0.25, -0.2) is 4.79 Å². The Bertz CT molecular complexity index is 367. The molecule has 84 valence electrons. The number of carbonyl (C=O) groups excluding carboxylic acids is 1. The fourth-order valence-corrected chi connectivity index (χ4v) is 1.88. The zero-order valence-corrected chi connectivity index (χ0v) is 9.09. The first kappa shape index (κ1) is 10.7. The number of amides is 1. The van der Waals surface area contributed by atoms with Crippen molar-refractivity contribution < 1.29 is 9.90 Å². The van der Waals surface area contributed by atoms with E-state index in [4.69, 9.17) is 0 Å². The molecule has 0 atom stereocenters. The number of hydrogen-bond donors (Lipinski definition) is 1. The zero-order valence-electron chi connectivity index (χ0n) is 9.09. The first-order valence-corrected chi connectivity index (χ1v) is 5.31. The molecule has 1 N–H and O–H groups in total. The molecule has 1 aromatic rings. The lowest BCUT2D eigenvalue weighted by Crippen LogP contribution is -2.48. The van der Waals surface area contributed by atoms with Crippen LogP contribution < -0.4 is 4.90 Å². The fourth-order valence-electron chi connectivity index (χ4n) is 1.88. The molecule has 1 aliphatic heterocycles. The van der Waals surface area contributed by atoms with Gasteiger partial charge in [-0.15, -0.1) is 0 Å². The third-order valence-corrected chi connectivity index (χ3v) is 2.85. The third kappa shape index (κ3) is 2.21. The summed E-state index contributed by atoms with van der Waals surface area (Å²) in [7, 11) is 0. The van der Waals surface area contributed by atoms with E-state index in [9.17, 15) is 9.90 Å². The Labute approximate surface area is 95.1 Å². The van der Waals surface area contributed by atoms with Gasteiger partial charge < -0.3 is 10.0 Å². The van der Waals surface area contributed by atoms with Crippen LogP contribution in [0.2, 0.25) is 0 Å². The van der Waals surface area contributed by atoms with E-state index in [2.05, 4.69) is 11.8 Å². The zero-order chi connectivity index (χ0) is 11.5. The van der Waals surface area contributed by atoms with Gasteiger partial charge in [0.15, 0.2) is 6.92 Å². The topological polar surface area (TPSA) is 43.8 Å². The Balaban J connectivity index is 1.99. The molecule has 2 rings (SSSR count). The van der Waals surface area contributed by atoms with Gasteiger partial charge in [0.1, 0.15) is 5.75 Å². The van der Waals surface area contributed by atoms with Gasteiger partial charge >= 0.3 is 5.91 Å². The predicted molar refractivity (Wildman–Crippen MR) is 62.3 cm³/mol. The van der Waals surface area contributed by atoms with Crippen LogP contribution in [-0.2, 0) is 4.79 Å². The van der Waals surface area contributed by atoms with Crippen molar-refractivity contribution in [1.82, 2.24) is 4.90 Å². The number of aromatic hydroxyl groups is 1. The number of benzene rings is 1. The molecule has 0 radical (unpaired) electrons. The van der Waals surface area contributed by atoms with Crippen molar-refractivity contribution >= 4 is 11.6 Å². The Kier molecular flexibility index (Phi) is 2.90. The van der Waals surface area contributed by atoms with E-state index < -0.39 is 0 Å². The number of carbonyl (C=O) groups is 1. The largest absolute Gasteiger partial charge is 0.508 e. The average molecular weight is 219 g/mol. The third-order valence-electron chi connectivity index (χ3n) is 2.85. The lowest BCUT2D eigenvalue weighted by Gasteiger charge is -2.34. The molecule has 0 spiro atoms. The fraction of sp³-hybridized carbons (Fsp3) is 0.333. The molecule has 0 bridgehead atoms. The van der Waals surface area contributed by atoms with E-state index >= 15 is 0 Å². The molecule has 1 fully saturated rings. The molecule has 16 heavy (non-hydrogen) atoms. The van der Waals surface area contributed by atoms with Crippen LogP contribution in [0.5, 0.6) is 5.75 Å². The quantitative estimate of drug-likeness (QED) is 0.713. The minimum atomic E-state index is -0.106. The maximum absolute atomic E-state index is 11.0. The van der Waals surface area contributed by atoms with Crippen LogP contribution in [0.1, 0.15) is 0 Å². The van der Waals surface area contributed by atoms with Crippen LogP contribution in [0.15, 0.2) is 24.3 Å². The summed E-state index contributed by atoms with van der Waals surface area (Å²) in [4.78, 5) is 15.0. The number of phenolic OH excluding ortho intramolecular Hbond substituents is 1. The lowest BCUT2D eigenvalue weighted by atomic mass is 10.2. The highest BCUT2D eigenvalue weighted by molar-refractivity contribution is 5.80. The molecule has 1 aromatic carbocycles. The van der Waals surface area contributed by atoms with Crippen LogP contribution in [0.25, 0.3) is 0 Å². The van der Waals surface area contributed by atoms with Crippen molar-refractivity contribution in [2.45, 2.75) is 0 Å². The molecular weight excluding hydrogens is 204 g/mol. The summed E-state index contributed by atoms with van der Waals surface area (Å²) in [5.74, 6) is 0.167. The van der Waals surface area contributed by atoms with Crippen molar-refractivity contribution in [2.24, 2.45) is 0 Å². The lowest BCUT2D eigenvalue weighted by molar-refractivity contribution is -0.126. The van der Waals surface area contributed by atoms with Gasteiger partial charge in [0.25, 0.3) is 0 Å². The van der Waals surface area contributed by atoms with E-state index in [1.165, 1.54) is 0 Å². The molecule has 1 aliphatic rings. The second kappa shape index (κ2) is 4.35. The van der Waals surface area contributed by atoms with E-state index in [0.29, 0.717) is 13.1 Å². The normalized spacial score (nSPS) is 16.2. The summed E-state index contributed by atoms with van der Waals surface area (Å²) >= 11 is 0. The van der Waals surface area contributed by atoms with Crippen molar-refractivity contribution in [1.29, 1.82) is 0 Å². The van der Waals surface area contributed by atoms with Crippen molar-refractivity contribution in [2.75, 3.05) is 31.1 Å². The number of piperazine rings is 1. The number of nitrogens with zero attached hydrogens (tertiary/aromatic N) is 2. The molecule has 4 heteroatoms. The molecule has 0 aromatic heterocycles. The van der Waals surface area contributed by atoms with E-state index in [0.717, 1.165) is 18.8 Å². The van der Waals surface area contributed by atoms with Gasteiger partial charge in [-0.05, 0) is 24.3 Å². The number of anilines is 1. The number of hydrogen-bond acceptors (Lipinski definition) is 3. The summed E-state index contributed by atoms with van der Waals surface area (Å²) < 4.78 is 0. The predicted octanol–water partition coefficient (Wildman–Crippen LogP) is 0.875. The van der Waals surface area contributed by atoms with E-state index in [-0.39, 0.29) is 11.7 Å². The molecule has 1 saturated heterocycles. The molecular formula is C12H15N2O2+. The minimum absolute atomic E-state index is 0.106. The molecule has 4 nitrogen and oxygen atoms in total. The Morgan fingerprint density at radius 3 is 2.19 bits per heavy atom. The van der Waals surface area contributed by atoms with Crippen LogP contribution in [0.4, 0.5) is 5.69 Å². The first-order chi connectivity index (χ1) is 7.66. The van der Waals surface area contributed by atoms with Crippen LogP contribution in [-0.4, -0.2) is 42.1 Å². The van der Waals surface area contributed by atoms with Crippen LogP contribution in [0, 0.1) is 6.92 Å². The molecule has 0 aliphatic carbocycles. The van der Waals surface area contributed by atoms with Crippen LogP contribution in [0.3, 0.4) is 0 Å². The van der Waals surface area contributed by atoms with Gasteiger partial charge in [0.2, 0.25) is 0 Å². The van der Waals surface area contributed by atoms with Crippen molar-refractivity contribution in [3.63, 3.8) is 0 Å². The first-order valence-electron chi connectivity index (χ1n) is 5.31. The maximum Gasteiger partial charge on any atom is 0.401 e. The smallest absolute Gasteiger partial charge is 0.401 e. The van der Waals surface area contributed by atoms with Crippen LogP contribution >= 0.6 is 0 Å². The van der Waals surface area contributed by atoms with E-state index in [1.807, 2.05) is 12.1 Å². The second-order valence-corrected chi connectivity index (χ2v) is 3.88. The highest BCUT2D eigenvalue weighted by Gasteiger charge is 2.21. The number of rotatable bonds is 1. The van der Waals surface area contributed by atoms with E-state index in [1.54, 1.807) is 17.0 Å². The highest BCUT2D eigenvalue weighted by Crippen LogP contribution is 2.19. The van der Waals surface area contributed by atoms with Gasteiger partial charge in [0, 0.05) is 31.9 Å². The minimum Gasteiger partial charge on any atom is -0.508 e.